The van der Waals surface area contributed by atoms with Crippen LogP contribution in [0.25, 0.3) is 0 Å². The molecule has 0 heterocycles. The summed E-state index contributed by atoms with van der Waals surface area (Å²) < 4.78 is 0. The van der Waals surface area contributed by atoms with E-state index in [1.165, 1.54) is 30.7 Å². The van der Waals surface area contributed by atoms with Gasteiger partial charge in [0.1, 0.15) is 0 Å². The Morgan fingerprint density at radius 2 is 1.30 bits per heavy atom. The Morgan fingerprint density at radius 1 is 0.852 bits per heavy atom. The smallest absolute Gasteiger partial charge is 0.246 e. The molecule has 3 heteroatoms. The summed E-state index contributed by atoms with van der Waals surface area (Å²) in [7, 11) is 3.24. The van der Waals surface area contributed by atoms with Crippen LogP contribution in [-0.2, 0) is 9.63 Å². The monoisotopic (exact) mass is 381 g/mol. The molecule has 27 heavy (non-hydrogen) atoms. The number of carbonyl (C=O) groups excluding carboxylic acids is 1. The van der Waals surface area contributed by atoms with Crippen LogP contribution in [-0.4, -0.2) is 25.1 Å². The van der Waals surface area contributed by atoms with Gasteiger partial charge in [0.2, 0.25) is 5.91 Å². The average Bonchev–Trinajstić information content (AvgIpc) is 3.07. The quantitative estimate of drug-likeness (QED) is 0.393. The van der Waals surface area contributed by atoms with Crippen LogP contribution in [0.4, 0.5) is 0 Å². The Bertz CT molecular complexity index is 499. The Hall–Kier alpha value is -0.570. The van der Waals surface area contributed by atoms with Crippen LogP contribution < -0.4 is 0 Å². The van der Waals surface area contributed by atoms with Gasteiger partial charge in [-0.25, -0.2) is 5.06 Å². The first-order valence-corrected chi connectivity index (χ1v) is 10.8. The predicted molar refractivity (Wildman–Crippen MR) is 115 cm³/mol. The fraction of sp³-hybridized carbons (Fsp3) is 0.958. The van der Waals surface area contributed by atoms with E-state index in [4.69, 9.17) is 4.84 Å². The van der Waals surface area contributed by atoms with E-state index in [1.807, 2.05) is 0 Å². The van der Waals surface area contributed by atoms with Crippen molar-refractivity contribution in [2.45, 2.75) is 101 Å². The Morgan fingerprint density at radius 3 is 1.70 bits per heavy atom. The molecule has 0 bridgehead atoms. The summed E-state index contributed by atoms with van der Waals surface area (Å²) in [6.45, 7) is 21.1. The van der Waals surface area contributed by atoms with E-state index in [-0.39, 0.29) is 16.7 Å². The molecule has 0 N–H and O–H groups in total. The van der Waals surface area contributed by atoms with Gasteiger partial charge < -0.3 is 0 Å². The highest BCUT2D eigenvalue weighted by atomic mass is 16.7. The number of carbonyl (C=O) groups is 1. The van der Waals surface area contributed by atoms with Crippen molar-refractivity contribution in [2.24, 2.45) is 33.5 Å². The maximum absolute atomic E-state index is 12.2. The lowest BCUT2D eigenvalue weighted by molar-refractivity contribution is -0.171. The van der Waals surface area contributed by atoms with Crippen molar-refractivity contribution < 1.29 is 9.63 Å². The van der Waals surface area contributed by atoms with Crippen LogP contribution in [0.15, 0.2) is 0 Å². The zero-order valence-electron chi connectivity index (χ0n) is 20.2. The van der Waals surface area contributed by atoms with Gasteiger partial charge in [-0.2, -0.15) is 0 Å². The zero-order chi connectivity index (χ0) is 21.3. The Kier molecular flexibility index (Phi) is 7.64. The molecule has 3 nitrogen and oxygen atoms in total. The minimum Gasteiger partial charge on any atom is -0.275 e. The van der Waals surface area contributed by atoms with Gasteiger partial charge in [-0.1, -0.05) is 62.3 Å². The molecule has 160 valence electrons. The summed E-state index contributed by atoms with van der Waals surface area (Å²) >= 11 is 0. The lowest BCUT2D eigenvalue weighted by Gasteiger charge is -2.36. The van der Waals surface area contributed by atoms with Crippen LogP contribution in [0.5, 0.6) is 0 Å². The van der Waals surface area contributed by atoms with Gasteiger partial charge in [0.15, 0.2) is 0 Å². The molecule has 0 radical (unpaired) electrons. The lowest BCUT2D eigenvalue weighted by atomic mass is 9.70. The van der Waals surface area contributed by atoms with Crippen molar-refractivity contribution in [3.05, 3.63) is 0 Å². The van der Waals surface area contributed by atoms with Gasteiger partial charge in [-0.15, -0.1) is 0 Å². The van der Waals surface area contributed by atoms with Crippen LogP contribution in [0.2, 0.25) is 0 Å². The highest BCUT2D eigenvalue weighted by Gasteiger charge is 2.44. The van der Waals surface area contributed by atoms with E-state index in [0.717, 1.165) is 18.3 Å². The van der Waals surface area contributed by atoms with E-state index in [0.29, 0.717) is 17.3 Å². The maximum atomic E-state index is 12.2. The predicted octanol–water partition coefficient (Wildman–Crippen LogP) is 6.72. The second-order valence-corrected chi connectivity index (χ2v) is 12.8. The van der Waals surface area contributed by atoms with Crippen molar-refractivity contribution in [3.63, 3.8) is 0 Å². The third-order valence-corrected chi connectivity index (χ3v) is 5.92. The molecule has 0 aromatic carbocycles. The molecule has 1 amide bonds. The van der Waals surface area contributed by atoms with Gasteiger partial charge in [-0.05, 0) is 65.6 Å². The molecule has 1 aliphatic carbocycles. The van der Waals surface area contributed by atoms with Crippen LogP contribution in [0.1, 0.15) is 101 Å². The lowest BCUT2D eigenvalue weighted by Crippen LogP contribution is -2.32. The number of hydroxylamine groups is 2. The molecule has 0 saturated heterocycles. The Labute approximate surface area is 169 Å². The van der Waals surface area contributed by atoms with Gasteiger partial charge in [-0.3, -0.25) is 9.63 Å². The second kappa shape index (κ2) is 8.43. The number of nitrogens with zero attached hydrogens (tertiary/aromatic N) is 1. The van der Waals surface area contributed by atoms with Crippen molar-refractivity contribution in [1.29, 1.82) is 0 Å². The summed E-state index contributed by atoms with van der Waals surface area (Å²) in [5.41, 5.74) is 1.09. The number of amides is 1. The fourth-order valence-electron chi connectivity index (χ4n) is 5.79. The first-order chi connectivity index (χ1) is 12.0. The van der Waals surface area contributed by atoms with Crippen LogP contribution in [0, 0.1) is 33.5 Å². The number of hydrogen-bond donors (Lipinski definition) is 0. The molecular formula is C24H47NO2. The summed E-state index contributed by atoms with van der Waals surface area (Å²) in [5, 5.41) is 1.35. The molecular weight excluding hydrogens is 334 g/mol. The third-order valence-electron chi connectivity index (χ3n) is 5.92. The van der Waals surface area contributed by atoms with Gasteiger partial charge >= 0.3 is 0 Å². The molecule has 0 aromatic heterocycles. The summed E-state index contributed by atoms with van der Waals surface area (Å²) in [6, 6.07) is 0. The van der Waals surface area contributed by atoms with Crippen molar-refractivity contribution >= 4 is 5.91 Å². The largest absolute Gasteiger partial charge is 0.275 e. The van der Waals surface area contributed by atoms with Crippen molar-refractivity contribution in [3.8, 4) is 0 Å². The first-order valence-electron chi connectivity index (χ1n) is 10.8. The summed E-state index contributed by atoms with van der Waals surface area (Å²) in [6.07, 6.45) is 6.91. The van der Waals surface area contributed by atoms with Gasteiger partial charge in [0.25, 0.3) is 0 Å². The standard InChI is InChI=1S/C24H47NO2/c1-21(2,3)16-22(4,5)13-18-12-19(18)14-23(6,7)17-24(8,9)15-20(26)25(10)27-11/h18-19H,12-17H2,1-11H3. The zero-order valence-corrected chi connectivity index (χ0v) is 20.2. The molecule has 1 aliphatic rings. The molecule has 0 spiro atoms. The molecule has 1 saturated carbocycles. The van der Waals surface area contributed by atoms with Crippen molar-refractivity contribution in [2.75, 3.05) is 14.2 Å². The van der Waals surface area contributed by atoms with Gasteiger partial charge in [0.05, 0.1) is 7.11 Å². The highest BCUT2D eigenvalue weighted by Crippen LogP contribution is 2.54. The highest BCUT2D eigenvalue weighted by molar-refractivity contribution is 5.75. The topological polar surface area (TPSA) is 29.5 Å². The Balaban J connectivity index is 2.53. The minimum absolute atomic E-state index is 0.0106. The van der Waals surface area contributed by atoms with Crippen molar-refractivity contribution in [1.82, 2.24) is 5.06 Å². The molecule has 1 fully saturated rings. The van der Waals surface area contributed by atoms with E-state index in [9.17, 15) is 4.79 Å². The minimum atomic E-state index is -0.0106. The van der Waals surface area contributed by atoms with E-state index in [1.54, 1.807) is 14.2 Å². The molecule has 0 aliphatic heterocycles. The SMILES string of the molecule is CON(C)C(=O)CC(C)(C)CC(C)(C)CC1CC1CC(C)(C)CC(C)(C)C. The van der Waals surface area contributed by atoms with Crippen LogP contribution >= 0.6 is 0 Å². The fourth-order valence-corrected chi connectivity index (χ4v) is 5.79. The van der Waals surface area contributed by atoms with Gasteiger partial charge in [0, 0.05) is 13.5 Å². The first kappa shape index (κ1) is 24.5. The summed E-state index contributed by atoms with van der Waals surface area (Å²) in [4.78, 5) is 17.3. The number of rotatable bonds is 10. The normalized spacial score (nSPS) is 21.3. The molecule has 2 atom stereocenters. The van der Waals surface area contributed by atoms with E-state index < -0.39 is 0 Å². The summed E-state index contributed by atoms with van der Waals surface area (Å²) in [5.74, 6) is 1.82. The molecule has 2 unspecified atom stereocenters. The van der Waals surface area contributed by atoms with E-state index in [2.05, 4.69) is 62.3 Å². The average molecular weight is 382 g/mol. The second-order valence-electron chi connectivity index (χ2n) is 12.8. The molecule has 1 rings (SSSR count). The maximum Gasteiger partial charge on any atom is 0.246 e. The van der Waals surface area contributed by atoms with E-state index >= 15 is 0 Å². The van der Waals surface area contributed by atoms with Crippen LogP contribution in [0.3, 0.4) is 0 Å². The number of hydrogen-bond acceptors (Lipinski definition) is 2. The third kappa shape index (κ3) is 9.45. The molecule has 0 aromatic rings.